The average Bonchev–Trinajstić information content (AvgIpc) is 2.53. The van der Waals surface area contributed by atoms with Crippen molar-refractivity contribution < 1.29 is 29.3 Å². The van der Waals surface area contributed by atoms with Gasteiger partial charge in [0.1, 0.15) is 11.3 Å². The SMILES string of the molecule is CCOC(=O)Nc1cc2ccccc2cc1/C(O)=C(\C(C)=O)C(=O)O. The zero-order chi connectivity index (χ0) is 18.6. The van der Waals surface area contributed by atoms with Gasteiger partial charge in [-0.1, -0.05) is 24.3 Å². The van der Waals surface area contributed by atoms with Crippen molar-refractivity contribution in [1.29, 1.82) is 0 Å². The summed E-state index contributed by atoms with van der Waals surface area (Å²) >= 11 is 0. The second kappa shape index (κ2) is 7.48. The van der Waals surface area contributed by atoms with Gasteiger partial charge in [-0.15, -0.1) is 0 Å². The number of aliphatic hydroxyl groups excluding tert-OH is 1. The van der Waals surface area contributed by atoms with E-state index in [1.54, 1.807) is 37.3 Å². The van der Waals surface area contributed by atoms with Gasteiger partial charge in [0.05, 0.1) is 12.3 Å². The Morgan fingerprint density at radius 2 is 1.68 bits per heavy atom. The molecule has 7 nitrogen and oxygen atoms in total. The zero-order valence-electron chi connectivity index (χ0n) is 13.7. The van der Waals surface area contributed by atoms with E-state index in [0.29, 0.717) is 5.39 Å². The molecular weight excluding hydrogens is 326 g/mol. The average molecular weight is 343 g/mol. The Bertz CT molecular complexity index is 868. The minimum absolute atomic E-state index is 0.0133. The van der Waals surface area contributed by atoms with Crippen LogP contribution >= 0.6 is 0 Å². The van der Waals surface area contributed by atoms with Crippen molar-refractivity contribution in [2.24, 2.45) is 0 Å². The number of anilines is 1. The molecule has 7 heteroatoms. The molecule has 3 N–H and O–H groups in total. The molecule has 0 aromatic heterocycles. The van der Waals surface area contributed by atoms with E-state index in [-0.39, 0.29) is 17.9 Å². The predicted molar refractivity (Wildman–Crippen MR) is 92.5 cm³/mol. The number of carboxylic acid groups (broad SMARTS) is 1. The molecule has 0 saturated heterocycles. The Balaban J connectivity index is 2.70. The van der Waals surface area contributed by atoms with Crippen molar-refractivity contribution in [2.45, 2.75) is 13.8 Å². The number of ketones is 1. The number of aliphatic carboxylic acids is 1. The molecule has 130 valence electrons. The summed E-state index contributed by atoms with van der Waals surface area (Å²) in [6.07, 6.45) is -0.758. The van der Waals surface area contributed by atoms with Gasteiger partial charge in [-0.2, -0.15) is 0 Å². The number of aliphatic hydroxyl groups is 1. The Morgan fingerprint density at radius 1 is 1.08 bits per heavy atom. The van der Waals surface area contributed by atoms with Crippen molar-refractivity contribution in [3.63, 3.8) is 0 Å². The molecule has 0 radical (unpaired) electrons. The van der Waals surface area contributed by atoms with Crippen LogP contribution in [0, 0.1) is 0 Å². The molecule has 0 unspecified atom stereocenters. The van der Waals surface area contributed by atoms with Gasteiger partial charge in [0.15, 0.2) is 5.78 Å². The summed E-state index contributed by atoms with van der Waals surface area (Å²) in [7, 11) is 0. The van der Waals surface area contributed by atoms with Gasteiger partial charge in [-0.3, -0.25) is 10.1 Å². The van der Waals surface area contributed by atoms with Crippen LogP contribution in [-0.4, -0.2) is 34.7 Å². The molecule has 0 atom stereocenters. The molecule has 2 aromatic rings. The lowest BCUT2D eigenvalue weighted by atomic mass is 10.00. The third kappa shape index (κ3) is 3.95. The first-order valence-corrected chi connectivity index (χ1v) is 7.49. The van der Waals surface area contributed by atoms with Crippen LogP contribution in [0.3, 0.4) is 0 Å². The molecule has 0 heterocycles. The van der Waals surface area contributed by atoms with Gasteiger partial charge in [0.25, 0.3) is 0 Å². The molecule has 0 aliphatic rings. The van der Waals surface area contributed by atoms with Gasteiger partial charge in [0.2, 0.25) is 0 Å². The summed E-state index contributed by atoms with van der Waals surface area (Å²) in [5.74, 6) is -3.09. The van der Waals surface area contributed by atoms with Crippen LogP contribution in [0.4, 0.5) is 10.5 Å². The van der Waals surface area contributed by atoms with Gasteiger partial charge < -0.3 is 14.9 Å². The van der Waals surface area contributed by atoms with Crippen molar-refractivity contribution >= 4 is 40.1 Å². The van der Waals surface area contributed by atoms with Crippen LogP contribution in [0.15, 0.2) is 42.0 Å². The number of carboxylic acids is 1. The first-order chi connectivity index (χ1) is 11.8. The number of Topliss-reactive ketones (excluding diaryl/α,β-unsaturated/α-hetero) is 1. The number of carbonyl (C=O) groups is 3. The molecular formula is C18H17NO6. The first kappa shape index (κ1) is 18.0. The highest BCUT2D eigenvalue weighted by Gasteiger charge is 2.23. The lowest BCUT2D eigenvalue weighted by molar-refractivity contribution is -0.134. The molecule has 25 heavy (non-hydrogen) atoms. The lowest BCUT2D eigenvalue weighted by Crippen LogP contribution is -2.16. The van der Waals surface area contributed by atoms with Crippen LogP contribution in [0.5, 0.6) is 0 Å². The Labute approximate surface area is 143 Å². The fraction of sp³-hybridized carbons (Fsp3) is 0.167. The van der Waals surface area contributed by atoms with E-state index in [9.17, 15) is 24.6 Å². The first-order valence-electron chi connectivity index (χ1n) is 7.49. The lowest BCUT2D eigenvalue weighted by Gasteiger charge is -2.13. The van der Waals surface area contributed by atoms with Gasteiger partial charge >= 0.3 is 12.1 Å². The van der Waals surface area contributed by atoms with Gasteiger partial charge in [-0.25, -0.2) is 9.59 Å². The fourth-order valence-electron chi connectivity index (χ4n) is 2.37. The minimum atomic E-state index is -1.56. The highest BCUT2D eigenvalue weighted by Crippen LogP contribution is 2.30. The summed E-state index contributed by atoms with van der Waals surface area (Å²) in [5, 5.41) is 23.5. The van der Waals surface area contributed by atoms with Crippen LogP contribution in [-0.2, 0) is 14.3 Å². The number of ether oxygens (including phenoxy) is 1. The molecule has 1 amide bonds. The van der Waals surface area contributed by atoms with Crippen molar-refractivity contribution in [2.75, 3.05) is 11.9 Å². The number of amides is 1. The highest BCUT2D eigenvalue weighted by atomic mass is 16.5. The van der Waals surface area contributed by atoms with E-state index in [1.807, 2.05) is 0 Å². The number of hydrogen-bond acceptors (Lipinski definition) is 5. The number of fused-ring (bicyclic) bond motifs is 1. The zero-order valence-corrected chi connectivity index (χ0v) is 13.7. The summed E-state index contributed by atoms with van der Waals surface area (Å²) in [5.41, 5.74) is -0.615. The Hall–Kier alpha value is -3.35. The molecule has 0 spiro atoms. The monoisotopic (exact) mass is 343 g/mol. The van der Waals surface area contributed by atoms with E-state index in [2.05, 4.69) is 5.32 Å². The van der Waals surface area contributed by atoms with Crippen LogP contribution < -0.4 is 5.32 Å². The summed E-state index contributed by atoms with van der Waals surface area (Å²) in [6, 6.07) is 10.2. The molecule has 0 aliphatic heterocycles. The van der Waals surface area contributed by atoms with Crippen molar-refractivity contribution in [3.8, 4) is 0 Å². The van der Waals surface area contributed by atoms with Crippen LogP contribution in [0.1, 0.15) is 19.4 Å². The molecule has 2 aromatic carbocycles. The maximum absolute atomic E-state index is 11.7. The van der Waals surface area contributed by atoms with E-state index in [1.165, 1.54) is 6.07 Å². The van der Waals surface area contributed by atoms with Crippen molar-refractivity contribution in [1.82, 2.24) is 0 Å². The second-order valence-corrected chi connectivity index (χ2v) is 5.18. The largest absolute Gasteiger partial charge is 0.506 e. The molecule has 2 rings (SSSR count). The fourth-order valence-corrected chi connectivity index (χ4v) is 2.37. The Kier molecular flexibility index (Phi) is 5.38. The minimum Gasteiger partial charge on any atom is -0.506 e. The number of nitrogens with one attached hydrogen (secondary N) is 1. The van der Waals surface area contributed by atoms with Crippen LogP contribution in [0.25, 0.3) is 16.5 Å². The summed E-state index contributed by atoms with van der Waals surface area (Å²) in [4.78, 5) is 34.6. The molecule has 0 aliphatic carbocycles. The number of rotatable bonds is 5. The number of carbonyl (C=O) groups excluding carboxylic acids is 2. The Morgan fingerprint density at radius 3 is 2.20 bits per heavy atom. The van der Waals surface area contributed by atoms with E-state index in [0.717, 1.165) is 12.3 Å². The predicted octanol–water partition coefficient (Wildman–Crippen LogP) is 3.35. The third-order valence-corrected chi connectivity index (χ3v) is 3.46. The van der Waals surface area contributed by atoms with Gasteiger partial charge in [0, 0.05) is 5.56 Å². The standard InChI is InChI=1S/C18H17NO6/c1-3-25-18(24)19-14-9-12-7-5-4-6-11(12)8-13(14)16(21)15(10(2)20)17(22)23/h4-9,21H,3H2,1-2H3,(H,19,24)(H,22,23)/b16-15-. The quantitative estimate of drug-likeness (QED) is 0.332. The maximum atomic E-state index is 11.7. The van der Waals surface area contributed by atoms with Crippen LogP contribution in [0.2, 0.25) is 0 Å². The smallest absolute Gasteiger partial charge is 0.411 e. The maximum Gasteiger partial charge on any atom is 0.411 e. The van der Waals surface area contributed by atoms with Gasteiger partial charge in [-0.05, 0) is 36.8 Å². The highest BCUT2D eigenvalue weighted by molar-refractivity contribution is 6.21. The van der Waals surface area contributed by atoms with Crippen molar-refractivity contribution in [3.05, 3.63) is 47.5 Å². The molecule has 0 fully saturated rings. The summed E-state index contributed by atoms with van der Waals surface area (Å²) < 4.78 is 4.82. The molecule has 0 saturated carbocycles. The number of benzene rings is 2. The molecule has 0 bridgehead atoms. The normalized spacial score (nSPS) is 11.6. The second-order valence-electron chi connectivity index (χ2n) is 5.18. The van der Waals surface area contributed by atoms with E-state index in [4.69, 9.17) is 4.74 Å². The third-order valence-electron chi connectivity index (χ3n) is 3.46. The summed E-state index contributed by atoms with van der Waals surface area (Å²) in [6.45, 7) is 2.82. The topological polar surface area (TPSA) is 113 Å². The van der Waals surface area contributed by atoms with E-state index >= 15 is 0 Å². The van der Waals surface area contributed by atoms with E-state index < -0.39 is 29.2 Å². The number of hydrogen-bond donors (Lipinski definition) is 3.